The smallest absolute Gasteiger partial charge is 0.325 e. The number of nitrogens with two attached hydrogens (primary N) is 1. The van der Waals surface area contributed by atoms with Crippen LogP contribution in [-0.2, 0) is 13.0 Å². The van der Waals surface area contributed by atoms with E-state index in [2.05, 4.69) is 4.98 Å². The second-order valence-corrected chi connectivity index (χ2v) is 2.77. The maximum absolute atomic E-state index is 11.2. The van der Waals surface area contributed by atoms with E-state index in [-0.39, 0.29) is 5.69 Å². The summed E-state index contributed by atoms with van der Waals surface area (Å²) in [5.41, 5.74) is 6.30. The third-order valence-corrected chi connectivity index (χ3v) is 1.82. The second-order valence-electron chi connectivity index (χ2n) is 2.77. The maximum Gasteiger partial charge on any atom is 0.325 e. The van der Waals surface area contributed by atoms with E-state index in [1.165, 1.54) is 0 Å². The number of H-pyrrole nitrogens is 1. The van der Waals surface area contributed by atoms with E-state index in [4.69, 9.17) is 5.73 Å². The molecule has 0 amide bonds. The number of rotatable bonds is 4. The lowest BCUT2D eigenvalue weighted by Gasteiger charge is -1.96. The standard InChI is InChI=1S/C8H15N3O/c1-2-7-6-11(5-3-4-9)8(12)10-7/h6H,2-5,9H2,1H3,(H,10,12). The van der Waals surface area contributed by atoms with E-state index in [9.17, 15) is 4.79 Å². The average Bonchev–Trinajstić information content (AvgIpc) is 2.43. The van der Waals surface area contributed by atoms with E-state index < -0.39 is 0 Å². The van der Waals surface area contributed by atoms with Gasteiger partial charge in [0.1, 0.15) is 0 Å². The molecular weight excluding hydrogens is 154 g/mol. The number of hydrogen-bond donors (Lipinski definition) is 2. The Balaban J connectivity index is 2.71. The molecule has 0 radical (unpaired) electrons. The molecule has 0 saturated carbocycles. The van der Waals surface area contributed by atoms with Gasteiger partial charge in [-0.3, -0.25) is 4.57 Å². The fourth-order valence-electron chi connectivity index (χ4n) is 1.10. The minimum atomic E-state index is -0.0275. The molecule has 1 rings (SSSR count). The number of imidazole rings is 1. The number of aryl methyl sites for hydroxylation is 2. The van der Waals surface area contributed by atoms with Gasteiger partial charge in [0.25, 0.3) is 0 Å². The average molecular weight is 169 g/mol. The predicted molar refractivity (Wildman–Crippen MR) is 48.1 cm³/mol. The molecule has 12 heavy (non-hydrogen) atoms. The Bertz CT molecular complexity index is 287. The highest BCUT2D eigenvalue weighted by atomic mass is 16.1. The van der Waals surface area contributed by atoms with Crippen molar-refractivity contribution >= 4 is 0 Å². The first-order valence-corrected chi connectivity index (χ1v) is 4.26. The zero-order chi connectivity index (χ0) is 8.97. The van der Waals surface area contributed by atoms with Crippen molar-refractivity contribution in [3.05, 3.63) is 22.4 Å². The van der Waals surface area contributed by atoms with Gasteiger partial charge in [-0.2, -0.15) is 0 Å². The Labute approximate surface area is 71.4 Å². The zero-order valence-corrected chi connectivity index (χ0v) is 7.34. The Hall–Kier alpha value is -1.03. The van der Waals surface area contributed by atoms with Gasteiger partial charge in [-0.05, 0) is 19.4 Å². The van der Waals surface area contributed by atoms with E-state index in [1.54, 1.807) is 4.57 Å². The summed E-state index contributed by atoms with van der Waals surface area (Å²) in [6, 6.07) is 0. The van der Waals surface area contributed by atoms with Crippen LogP contribution in [0.3, 0.4) is 0 Å². The van der Waals surface area contributed by atoms with Gasteiger partial charge in [-0.1, -0.05) is 6.92 Å². The van der Waals surface area contributed by atoms with Crippen LogP contribution in [0.2, 0.25) is 0 Å². The van der Waals surface area contributed by atoms with Crippen molar-refractivity contribution in [1.29, 1.82) is 0 Å². The Morgan fingerprint density at radius 3 is 2.92 bits per heavy atom. The highest BCUT2D eigenvalue weighted by molar-refractivity contribution is 4.95. The minimum Gasteiger partial charge on any atom is -0.330 e. The van der Waals surface area contributed by atoms with Crippen molar-refractivity contribution < 1.29 is 0 Å². The molecule has 1 aromatic rings. The summed E-state index contributed by atoms with van der Waals surface area (Å²) >= 11 is 0. The summed E-state index contributed by atoms with van der Waals surface area (Å²) in [5, 5.41) is 0. The summed E-state index contributed by atoms with van der Waals surface area (Å²) in [7, 11) is 0. The molecule has 3 N–H and O–H groups in total. The van der Waals surface area contributed by atoms with Crippen molar-refractivity contribution in [2.75, 3.05) is 6.54 Å². The molecule has 0 saturated heterocycles. The van der Waals surface area contributed by atoms with Gasteiger partial charge in [0.05, 0.1) is 0 Å². The number of nitrogens with one attached hydrogen (secondary N) is 1. The number of aromatic amines is 1. The summed E-state index contributed by atoms with van der Waals surface area (Å²) in [4.78, 5) is 13.9. The predicted octanol–water partition coefficient (Wildman–Crippen LogP) is 0.0876. The zero-order valence-electron chi connectivity index (χ0n) is 7.34. The third kappa shape index (κ3) is 1.98. The molecule has 0 aromatic carbocycles. The van der Waals surface area contributed by atoms with Crippen LogP contribution in [0.15, 0.2) is 11.0 Å². The van der Waals surface area contributed by atoms with E-state index >= 15 is 0 Å². The number of nitrogens with zero attached hydrogens (tertiary/aromatic N) is 1. The van der Waals surface area contributed by atoms with Gasteiger partial charge >= 0.3 is 5.69 Å². The molecule has 68 valence electrons. The van der Waals surface area contributed by atoms with E-state index in [1.807, 2.05) is 13.1 Å². The van der Waals surface area contributed by atoms with Gasteiger partial charge in [-0.15, -0.1) is 0 Å². The largest absolute Gasteiger partial charge is 0.330 e. The summed E-state index contributed by atoms with van der Waals surface area (Å²) in [6.07, 6.45) is 3.57. The third-order valence-electron chi connectivity index (χ3n) is 1.82. The number of hydrogen-bond acceptors (Lipinski definition) is 2. The summed E-state index contributed by atoms with van der Waals surface area (Å²) in [5.74, 6) is 0. The highest BCUT2D eigenvalue weighted by Crippen LogP contribution is 1.93. The molecule has 0 spiro atoms. The molecule has 0 bridgehead atoms. The van der Waals surface area contributed by atoms with Crippen LogP contribution in [0, 0.1) is 0 Å². The molecule has 1 heterocycles. The number of aromatic nitrogens is 2. The normalized spacial score (nSPS) is 10.5. The van der Waals surface area contributed by atoms with Crippen molar-refractivity contribution in [3.63, 3.8) is 0 Å². The lowest BCUT2D eigenvalue weighted by atomic mass is 10.4. The molecule has 0 aliphatic carbocycles. The molecule has 1 aromatic heterocycles. The van der Waals surface area contributed by atoms with Crippen molar-refractivity contribution in [1.82, 2.24) is 9.55 Å². The van der Waals surface area contributed by atoms with Crippen LogP contribution < -0.4 is 11.4 Å². The van der Waals surface area contributed by atoms with Crippen LogP contribution in [0.25, 0.3) is 0 Å². The van der Waals surface area contributed by atoms with Crippen molar-refractivity contribution in [2.45, 2.75) is 26.3 Å². The fraction of sp³-hybridized carbons (Fsp3) is 0.625. The summed E-state index contributed by atoms with van der Waals surface area (Å²) < 4.78 is 1.67. The maximum atomic E-state index is 11.2. The Kier molecular flexibility index (Phi) is 3.10. The van der Waals surface area contributed by atoms with Crippen LogP contribution in [-0.4, -0.2) is 16.1 Å². The quantitative estimate of drug-likeness (QED) is 0.670. The van der Waals surface area contributed by atoms with Crippen LogP contribution >= 0.6 is 0 Å². The lowest BCUT2D eigenvalue weighted by Crippen LogP contribution is -2.17. The van der Waals surface area contributed by atoms with Crippen LogP contribution in [0.4, 0.5) is 0 Å². The monoisotopic (exact) mass is 169 g/mol. The van der Waals surface area contributed by atoms with E-state index in [0.717, 1.165) is 18.5 Å². The Morgan fingerprint density at radius 2 is 2.42 bits per heavy atom. The van der Waals surface area contributed by atoms with Gasteiger partial charge < -0.3 is 10.7 Å². The lowest BCUT2D eigenvalue weighted by molar-refractivity contribution is 0.631. The van der Waals surface area contributed by atoms with E-state index in [0.29, 0.717) is 13.1 Å². The molecular formula is C8H15N3O. The van der Waals surface area contributed by atoms with Gasteiger partial charge in [0.15, 0.2) is 0 Å². The fourth-order valence-corrected chi connectivity index (χ4v) is 1.10. The van der Waals surface area contributed by atoms with Crippen LogP contribution in [0.1, 0.15) is 19.0 Å². The molecule has 0 atom stereocenters. The first kappa shape index (κ1) is 9.06. The highest BCUT2D eigenvalue weighted by Gasteiger charge is 1.99. The molecule has 0 aliphatic rings. The molecule has 0 fully saturated rings. The summed E-state index contributed by atoms with van der Waals surface area (Å²) in [6.45, 7) is 3.35. The minimum absolute atomic E-state index is 0.0275. The van der Waals surface area contributed by atoms with Gasteiger partial charge in [0, 0.05) is 18.4 Å². The van der Waals surface area contributed by atoms with Crippen molar-refractivity contribution in [3.8, 4) is 0 Å². The molecule has 0 unspecified atom stereocenters. The topological polar surface area (TPSA) is 63.8 Å². The SMILES string of the molecule is CCc1cn(CCCN)c(=O)[nH]1. The first-order valence-electron chi connectivity index (χ1n) is 4.26. The molecule has 4 heteroatoms. The molecule has 4 nitrogen and oxygen atoms in total. The van der Waals surface area contributed by atoms with Crippen LogP contribution in [0.5, 0.6) is 0 Å². The Morgan fingerprint density at radius 1 is 1.67 bits per heavy atom. The second kappa shape index (κ2) is 4.11. The first-order chi connectivity index (χ1) is 5.77. The van der Waals surface area contributed by atoms with Gasteiger partial charge in [0.2, 0.25) is 0 Å². The van der Waals surface area contributed by atoms with Crippen molar-refractivity contribution in [2.24, 2.45) is 5.73 Å². The molecule has 0 aliphatic heterocycles. The van der Waals surface area contributed by atoms with Gasteiger partial charge in [-0.25, -0.2) is 4.79 Å².